The highest BCUT2D eigenvalue weighted by molar-refractivity contribution is 6.14. The summed E-state index contributed by atoms with van der Waals surface area (Å²) in [5.41, 5.74) is 3.92. The van der Waals surface area contributed by atoms with Crippen molar-refractivity contribution >= 4 is 5.71 Å². The monoisotopic (exact) mass is 294 g/mol. The van der Waals surface area contributed by atoms with Gasteiger partial charge in [0.25, 0.3) is 0 Å². The number of hydrazone groups is 1. The van der Waals surface area contributed by atoms with Gasteiger partial charge in [0.2, 0.25) is 0 Å². The maximum absolute atomic E-state index is 12.5. The van der Waals surface area contributed by atoms with Gasteiger partial charge in [-0.3, -0.25) is 0 Å². The second-order valence-electron chi connectivity index (χ2n) is 4.09. The van der Waals surface area contributed by atoms with Crippen LogP contribution in [0, 0.1) is 0 Å². The Bertz CT molecular complexity index is 624. The van der Waals surface area contributed by atoms with E-state index < -0.39 is 6.36 Å². The number of nitrogens with one attached hydrogen (secondary N) is 1. The van der Waals surface area contributed by atoms with E-state index in [4.69, 9.17) is 0 Å². The highest BCUT2D eigenvalue weighted by atomic mass is 19.4. The fraction of sp³-hybridized carbons (Fsp3) is 0.133. The molecule has 2 rings (SSSR count). The van der Waals surface area contributed by atoms with Gasteiger partial charge in [-0.15, -0.1) is 13.2 Å². The van der Waals surface area contributed by atoms with Crippen molar-refractivity contribution in [1.82, 2.24) is 5.43 Å². The van der Waals surface area contributed by atoms with Gasteiger partial charge in [0.1, 0.15) is 11.5 Å². The van der Waals surface area contributed by atoms with Gasteiger partial charge >= 0.3 is 6.36 Å². The van der Waals surface area contributed by atoms with Gasteiger partial charge in [-0.05, 0) is 12.1 Å². The average Bonchev–Trinajstić information content (AvgIpc) is 2.45. The smallest absolute Gasteiger partial charge is 0.405 e. The number of hydrogen-bond acceptors (Lipinski definition) is 3. The van der Waals surface area contributed by atoms with Crippen molar-refractivity contribution in [3.8, 4) is 5.75 Å². The fourth-order valence-electron chi connectivity index (χ4n) is 1.86. The van der Waals surface area contributed by atoms with Gasteiger partial charge < -0.3 is 10.2 Å². The summed E-state index contributed by atoms with van der Waals surface area (Å²) < 4.78 is 41.6. The van der Waals surface area contributed by atoms with Crippen LogP contribution >= 0.6 is 0 Å². The van der Waals surface area contributed by atoms with Crippen LogP contribution in [0.5, 0.6) is 5.75 Å². The number of hydrogen-bond donors (Lipinski definition) is 1. The van der Waals surface area contributed by atoms with Gasteiger partial charge in [-0.25, -0.2) is 0 Å². The van der Waals surface area contributed by atoms with E-state index in [1.54, 1.807) is 37.4 Å². The van der Waals surface area contributed by atoms with Crippen LogP contribution in [0.25, 0.3) is 0 Å². The number of ether oxygens (including phenoxy) is 1. The van der Waals surface area contributed by atoms with Gasteiger partial charge in [0.05, 0.1) is 0 Å². The summed E-state index contributed by atoms with van der Waals surface area (Å²) in [6.45, 7) is 0. The van der Waals surface area contributed by atoms with Gasteiger partial charge in [0, 0.05) is 18.2 Å². The predicted molar refractivity (Wildman–Crippen MR) is 74.3 cm³/mol. The fourth-order valence-corrected chi connectivity index (χ4v) is 1.86. The molecule has 0 aromatic heterocycles. The van der Waals surface area contributed by atoms with E-state index in [2.05, 4.69) is 15.3 Å². The van der Waals surface area contributed by atoms with Crippen molar-refractivity contribution in [2.24, 2.45) is 5.10 Å². The zero-order valence-corrected chi connectivity index (χ0v) is 11.2. The molecule has 0 atom stereocenters. The van der Waals surface area contributed by atoms with Crippen LogP contribution in [0.15, 0.2) is 59.7 Å². The summed E-state index contributed by atoms with van der Waals surface area (Å²) in [7, 11) is 1.58. The molecule has 2 aromatic carbocycles. The lowest BCUT2D eigenvalue weighted by atomic mass is 10.0. The van der Waals surface area contributed by atoms with Crippen LogP contribution in [0.3, 0.4) is 0 Å². The molecule has 0 aliphatic rings. The molecule has 0 bridgehead atoms. The third-order valence-electron chi connectivity index (χ3n) is 2.64. The highest BCUT2D eigenvalue weighted by Crippen LogP contribution is 2.28. The van der Waals surface area contributed by atoms with Crippen molar-refractivity contribution in [3.05, 3.63) is 65.7 Å². The third kappa shape index (κ3) is 3.98. The van der Waals surface area contributed by atoms with E-state index in [1.165, 1.54) is 18.2 Å². The number of para-hydroxylation sites is 1. The number of halogens is 3. The Labute approximate surface area is 120 Å². The first kappa shape index (κ1) is 14.9. The Morgan fingerprint density at radius 1 is 1.00 bits per heavy atom. The Morgan fingerprint density at radius 3 is 2.24 bits per heavy atom. The lowest BCUT2D eigenvalue weighted by molar-refractivity contribution is -0.274. The van der Waals surface area contributed by atoms with E-state index in [0.717, 1.165) is 0 Å². The predicted octanol–water partition coefficient (Wildman–Crippen LogP) is 3.56. The molecule has 21 heavy (non-hydrogen) atoms. The highest BCUT2D eigenvalue weighted by Gasteiger charge is 2.32. The normalized spacial score (nSPS) is 12.1. The molecule has 0 saturated heterocycles. The minimum Gasteiger partial charge on any atom is -0.405 e. The molecule has 0 fully saturated rings. The minimum absolute atomic E-state index is 0.260. The molecule has 0 aliphatic carbocycles. The van der Waals surface area contributed by atoms with E-state index >= 15 is 0 Å². The molecule has 2 aromatic rings. The maximum Gasteiger partial charge on any atom is 0.573 e. The number of alkyl halides is 3. The largest absolute Gasteiger partial charge is 0.573 e. The van der Waals surface area contributed by atoms with Crippen LogP contribution in [-0.2, 0) is 0 Å². The maximum atomic E-state index is 12.5. The van der Waals surface area contributed by atoms with Gasteiger partial charge in [-0.2, -0.15) is 5.10 Å². The van der Waals surface area contributed by atoms with Gasteiger partial charge in [0.15, 0.2) is 0 Å². The van der Waals surface area contributed by atoms with Crippen molar-refractivity contribution in [3.63, 3.8) is 0 Å². The van der Waals surface area contributed by atoms with Gasteiger partial charge in [-0.1, -0.05) is 42.5 Å². The van der Waals surface area contributed by atoms with Crippen LogP contribution in [-0.4, -0.2) is 19.1 Å². The first-order valence-corrected chi connectivity index (χ1v) is 6.16. The molecular formula is C15H13F3N2O. The molecule has 0 unspecified atom stereocenters. The molecule has 0 amide bonds. The van der Waals surface area contributed by atoms with E-state index in [1.807, 2.05) is 6.07 Å². The summed E-state index contributed by atoms with van der Waals surface area (Å²) in [6, 6.07) is 14.8. The quantitative estimate of drug-likeness (QED) is 0.691. The molecular weight excluding hydrogens is 281 g/mol. The Kier molecular flexibility index (Phi) is 4.47. The van der Waals surface area contributed by atoms with Crippen LogP contribution in [0.4, 0.5) is 13.2 Å². The van der Waals surface area contributed by atoms with E-state index in [0.29, 0.717) is 11.3 Å². The van der Waals surface area contributed by atoms with E-state index in [9.17, 15) is 13.2 Å². The second kappa shape index (κ2) is 6.30. The molecule has 0 radical (unpaired) electrons. The number of benzene rings is 2. The SMILES string of the molecule is CNN=C(c1ccccc1)c1ccccc1OC(F)(F)F. The molecule has 0 saturated carbocycles. The zero-order chi connectivity index (χ0) is 15.3. The molecule has 0 heterocycles. The second-order valence-corrected chi connectivity index (χ2v) is 4.09. The molecule has 3 nitrogen and oxygen atoms in total. The summed E-state index contributed by atoms with van der Waals surface area (Å²) in [6.07, 6.45) is -4.75. The number of nitrogens with zero attached hydrogens (tertiary/aromatic N) is 1. The molecule has 110 valence electrons. The lowest BCUT2D eigenvalue weighted by Gasteiger charge is -2.14. The zero-order valence-electron chi connectivity index (χ0n) is 11.2. The summed E-state index contributed by atoms with van der Waals surface area (Å²) in [5, 5.41) is 4.07. The summed E-state index contributed by atoms with van der Waals surface area (Å²) in [4.78, 5) is 0. The summed E-state index contributed by atoms with van der Waals surface area (Å²) >= 11 is 0. The Morgan fingerprint density at radius 2 is 1.62 bits per heavy atom. The topological polar surface area (TPSA) is 33.6 Å². The number of rotatable bonds is 4. The van der Waals surface area contributed by atoms with Crippen molar-refractivity contribution < 1.29 is 17.9 Å². The molecule has 6 heteroatoms. The third-order valence-corrected chi connectivity index (χ3v) is 2.64. The Hall–Kier alpha value is -2.50. The van der Waals surface area contributed by atoms with Crippen LogP contribution < -0.4 is 10.2 Å². The first-order chi connectivity index (χ1) is 10.0. The van der Waals surface area contributed by atoms with Crippen LogP contribution in [0.2, 0.25) is 0 Å². The first-order valence-electron chi connectivity index (χ1n) is 6.16. The van der Waals surface area contributed by atoms with Crippen molar-refractivity contribution in [2.75, 3.05) is 7.05 Å². The van der Waals surface area contributed by atoms with E-state index in [-0.39, 0.29) is 11.3 Å². The average molecular weight is 294 g/mol. The molecule has 0 spiro atoms. The standard InChI is InChI=1S/C15H13F3N2O/c1-19-20-14(11-7-3-2-4-8-11)12-9-5-6-10-13(12)21-15(16,17)18/h2-10,19H,1H3. The summed E-state index contributed by atoms with van der Waals surface area (Å²) in [5.74, 6) is -0.289. The molecule has 1 N–H and O–H groups in total. The van der Waals surface area contributed by atoms with Crippen molar-refractivity contribution in [2.45, 2.75) is 6.36 Å². The van der Waals surface area contributed by atoms with Crippen molar-refractivity contribution in [1.29, 1.82) is 0 Å². The molecule has 0 aliphatic heterocycles. The minimum atomic E-state index is -4.75. The van der Waals surface area contributed by atoms with Crippen LogP contribution in [0.1, 0.15) is 11.1 Å². The Balaban J connectivity index is 2.50. The lowest BCUT2D eigenvalue weighted by Crippen LogP contribution is -2.20.